The van der Waals surface area contributed by atoms with Crippen molar-refractivity contribution in [3.63, 3.8) is 0 Å². The summed E-state index contributed by atoms with van der Waals surface area (Å²) in [4.78, 5) is 0. The van der Waals surface area contributed by atoms with Crippen LogP contribution in [-0.4, -0.2) is 6.54 Å². The minimum Gasteiger partial charge on any atom is -0.487 e. The molecular weight excluding hydrogens is 289 g/mol. The van der Waals surface area contributed by atoms with E-state index in [1.54, 1.807) is 6.07 Å². The lowest BCUT2D eigenvalue weighted by Gasteiger charge is -2.10. The largest absolute Gasteiger partial charge is 0.487 e. The molecule has 2 aromatic carbocycles. The van der Waals surface area contributed by atoms with Gasteiger partial charge in [0.15, 0.2) is 0 Å². The molecule has 0 aliphatic rings. The highest BCUT2D eigenvalue weighted by molar-refractivity contribution is 6.32. The average Bonchev–Trinajstić information content (AvgIpc) is 2.47. The fourth-order valence-electron chi connectivity index (χ4n) is 1.97. The van der Waals surface area contributed by atoms with Gasteiger partial charge in [0.2, 0.25) is 0 Å². The van der Waals surface area contributed by atoms with Gasteiger partial charge in [0.25, 0.3) is 0 Å². The van der Waals surface area contributed by atoms with Gasteiger partial charge in [0.05, 0.1) is 5.02 Å². The fraction of sp³-hybridized carbons (Fsp3) is 0.294. The van der Waals surface area contributed by atoms with E-state index in [2.05, 4.69) is 12.2 Å². The molecule has 0 aliphatic carbocycles. The first-order chi connectivity index (χ1) is 10.2. The van der Waals surface area contributed by atoms with Gasteiger partial charge < -0.3 is 10.1 Å². The molecule has 0 saturated carbocycles. The van der Waals surface area contributed by atoms with Gasteiger partial charge in [-0.15, -0.1) is 0 Å². The molecule has 1 N–H and O–H groups in total. The van der Waals surface area contributed by atoms with Gasteiger partial charge in [0, 0.05) is 6.54 Å². The topological polar surface area (TPSA) is 21.3 Å². The molecule has 0 spiro atoms. The lowest BCUT2D eigenvalue weighted by Crippen LogP contribution is -2.13. The quantitative estimate of drug-likeness (QED) is 0.757. The fourth-order valence-corrected chi connectivity index (χ4v) is 2.23. The third-order valence-corrected chi connectivity index (χ3v) is 3.33. The Bertz CT molecular complexity index is 589. The maximum absolute atomic E-state index is 13.1. The molecule has 0 saturated heterocycles. The molecule has 2 rings (SSSR count). The second-order valence-corrected chi connectivity index (χ2v) is 5.27. The number of nitrogens with one attached hydrogen (secondary N) is 1. The molecule has 0 bridgehead atoms. The van der Waals surface area contributed by atoms with Gasteiger partial charge in [-0.05, 0) is 48.4 Å². The molecule has 2 nitrogen and oxygen atoms in total. The van der Waals surface area contributed by atoms with Gasteiger partial charge in [0.1, 0.15) is 18.2 Å². The first-order valence-corrected chi connectivity index (χ1v) is 7.43. The van der Waals surface area contributed by atoms with Gasteiger partial charge in [-0.25, -0.2) is 4.39 Å². The summed E-state index contributed by atoms with van der Waals surface area (Å²) in [6, 6.07) is 12.1. The van der Waals surface area contributed by atoms with Crippen molar-refractivity contribution in [2.45, 2.75) is 26.5 Å². The predicted octanol–water partition coefficient (Wildman–Crippen LogP) is 4.56. The molecule has 0 heterocycles. The number of ether oxygens (including phenoxy) is 1. The standard InChI is InChI=1S/C17H19ClFNO/c1-2-8-20-11-13-6-7-17(16(18)10-13)21-12-14-4-3-5-15(19)9-14/h3-7,9-10,20H,2,8,11-12H2,1H3. The Morgan fingerprint density at radius 2 is 2.00 bits per heavy atom. The zero-order valence-electron chi connectivity index (χ0n) is 12.0. The van der Waals surface area contributed by atoms with Crippen LogP contribution in [0.15, 0.2) is 42.5 Å². The van der Waals surface area contributed by atoms with Crippen LogP contribution in [0.4, 0.5) is 4.39 Å². The van der Waals surface area contributed by atoms with Crippen molar-refractivity contribution in [3.05, 3.63) is 64.4 Å². The maximum Gasteiger partial charge on any atom is 0.138 e. The predicted molar refractivity (Wildman–Crippen MR) is 84.2 cm³/mol. The molecule has 0 unspecified atom stereocenters. The molecule has 0 fully saturated rings. The molecule has 0 aliphatic heterocycles. The van der Waals surface area contributed by atoms with Crippen molar-refractivity contribution in [2.75, 3.05) is 6.54 Å². The SMILES string of the molecule is CCCNCc1ccc(OCc2cccc(F)c2)c(Cl)c1. The third kappa shape index (κ3) is 5.03. The zero-order valence-corrected chi connectivity index (χ0v) is 12.8. The highest BCUT2D eigenvalue weighted by atomic mass is 35.5. The second kappa shape index (κ2) is 8.01. The summed E-state index contributed by atoms with van der Waals surface area (Å²) in [5.74, 6) is 0.347. The van der Waals surface area contributed by atoms with E-state index in [0.717, 1.165) is 30.6 Å². The molecule has 4 heteroatoms. The monoisotopic (exact) mass is 307 g/mol. The van der Waals surface area contributed by atoms with Crippen LogP contribution in [0.2, 0.25) is 5.02 Å². The summed E-state index contributed by atoms with van der Waals surface area (Å²) in [5, 5.41) is 3.89. The van der Waals surface area contributed by atoms with E-state index in [1.165, 1.54) is 12.1 Å². The second-order valence-electron chi connectivity index (χ2n) is 4.86. The van der Waals surface area contributed by atoms with Gasteiger partial charge >= 0.3 is 0 Å². The lowest BCUT2D eigenvalue weighted by atomic mass is 10.2. The van der Waals surface area contributed by atoms with Crippen molar-refractivity contribution in [1.29, 1.82) is 0 Å². The van der Waals surface area contributed by atoms with E-state index in [0.29, 0.717) is 17.4 Å². The Morgan fingerprint density at radius 1 is 1.14 bits per heavy atom. The van der Waals surface area contributed by atoms with Crippen LogP contribution in [-0.2, 0) is 13.2 Å². The summed E-state index contributed by atoms with van der Waals surface area (Å²) in [6.45, 7) is 4.20. The molecule has 0 amide bonds. The lowest BCUT2D eigenvalue weighted by molar-refractivity contribution is 0.305. The van der Waals surface area contributed by atoms with E-state index in [4.69, 9.17) is 16.3 Å². The van der Waals surface area contributed by atoms with Crippen molar-refractivity contribution < 1.29 is 9.13 Å². The Kier molecular flexibility index (Phi) is 6.03. The van der Waals surface area contributed by atoms with E-state index in [-0.39, 0.29) is 5.82 Å². The zero-order chi connectivity index (χ0) is 15.1. The summed E-state index contributed by atoms with van der Waals surface area (Å²) >= 11 is 6.21. The van der Waals surface area contributed by atoms with Crippen molar-refractivity contribution >= 4 is 11.6 Å². The van der Waals surface area contributed by atoms with E-state index in [9.17, 15) is 4.39 Å². The molecular formula is C17H19ClFNO. The van der Waals surface area contributed by atoms with Crippen LogP contribution in [0.3, 0.4) is 0 Å². The van der Waals surface area contributed by atoms with Crippen LogP contribution in [0.5, 0.6) is 5.75 Å². The van der Waals surface area contributed by atoms with Crippen molar-refractivity contribution in [2.24, 2.45) is 0 Å². The Labute approximate surface area is 129 Å². The van der Waals surface area contributed by atoms with Gasteiger partial charge in [-0.3, -0.25) is 0 Å². The normalized spacial score (nSPS) is 10.6. The number of rotatable bonds is 7. The Balaban J connectivity index is 1.94. The molecule has 0 radical (unpaired) electrons. The molecule has 0 aromatic heterocycles. The highest BCUT2D eigenvalue weighted by Gasteiger charge is 2.04. The number of halogens is 2. The first kappa shape index (κ1) is 15.8. The smallest absolute Gasteiger partial charge is 0.138 e. The molecule has 0 atom stereocenters. The average molecular weight is 308 g/mol. The minimum absolute atomic E-state index is 0.264. The van der Waals surface area contributed by atoms with Crippen LogP contribution >= 0.6 is 11.6 Å². The summed E-state index contributed by atoms with van der Waals surface area (Å²) in [5.41, 5.74) is 1.89. The van der Waals surface area contributed by atoms with Crippen LogP contribution in [0, 0.1) is 5.82 Å². The van der Waals surface area contributed by atoms with Crippen LogP contribution in [0.1, 0.15) is 24.5 Å². The van der Waals surface area contributed by atoms with E-state index in [1.807, 2.05) is 24.3 Å². The van der Waals surface area contributed by atoms with Crippen molar-refractivity contribution in [3.8, 4) is 5.75 Å². The van der Waals surface area contributed by atoms with Gasteiger partial charge in [-0.1, -0.05) is 36.7 Å². The Morgan fingerprint density at radius 3 is 2.71 bits per heavy atom. The summed E-state index contributed by atoms with van der Waals surface area (Å²) in [6.07, 6.45) is 1.10. The number of hydrogen-bond acceptors (Lipinski definition) is 2. The maximum atomic E-state index is 13.1. The molecule has 112 valence electrons. The highest BCUT2D eigenvalue weighted by Crippen LogP contribution is 2.26. The van der Waals surface area contributed by atoms with Gasteiger partial charge in [-0.2, -0.15) is 0 Å². The number of hydrogen-bond donors (Lipinski definition) is 1. The third-order valence-electron chi connectivity index (χ3n) is 3.04. The Hall–Kier alpha value is -1.58. The number of benzene rings is 2. The van der Waals surface area contributed by atoms with E-state index < -0.39 is 0 Å². The van der Waals surface area contributed by atoms with Crippen LogP contribution < -0.4 is 10.1 Å². The first-order valence-electron chi connectivity index (χ1n) is 7.05. The van der Waals surface area contributed by atoms with E-state index >= 15 is 0 Å². The van der Waals surface area contributed by atoms with Crippen molar-refractivity contribution in [1.82, 2.24) is 5.32 Å². The minimum atomic E-state index is -0.264. The summed E-state index contributed by atoms with van der Waals surface area (Å²) < 4.78 is 18.7. The molecule has 2 aromatic rings. The van der Waals surface area contributed by atoms with Crippen LogP contribution in [0.25, 0.3) is 0 Å². The molecule has 21 heavy (non-hydrogen) atoms. The summed E-state index contributed by atoms with van der Waals surface area (Å²) in [7, 11) is 0.